The van der Waals surface area contributed by atoms with Crippen LogP contribution in [0.25, 0.3) is 0 Å². The minimum absolute atomic E-state index is 0.0351. The SMILES string of the molecule is [2H]C([2H])([2H])C([2H])([2H])OC(C(=O)OCCN(C)C)(c1ccccc1)c1ccccc1. The molecule has 0 amide bonds. The van der Waals surface area contributed by atoms with Crippen molar-refractivity contribution >= 4 is 5.97 Å². The molecule has 2 rings (SSSR count). The lowest BCUT2D eigenvalue weighted by Gasteiger charge is -2.32. The van der Waals surface area contributed by atoms with Crippen LogP contribution in [0.2, 0.25) is 0 Å². The van der Waals surface area contributed by atoms with Crippen LogP contribution >= 0.6 is 0 Å². The molecule has 4 heteroatoms. The fraction of sp³-hybridized carbons (Fsp3) is 0.350. The fourth-order valence-electron chi connectivity index (χ4n) is 2.41. The van der Waals surface area contributed by atoms with Gasteiger partial charge in [-0.15, -0.1) is 0 Å². The van der Waals surface area contributed by atoms with E-state index in [0.717, 1.165) is 0 Å². The van der Waals surface area contributed by atoms with Gasteiger partial charge in [-0.3, -0.25) is 0 Å². The molecule has 0 aromatic heterocycles. The van der Waals surface area contributed by atoms with Crippen LogP contribution in [0.3, 0.4) is 0 Å². The van der Waals surface area contributed by atoms with Crippen LogP contribution in [0.5, 0.6) is 0 Å². The third-order valence-corrected chi connectivity index (χ3v) is 3.62. The van der Waals surface area contributed by atoms with E-state index in [0.29, 0.717) is 6.54 Å². The van der Waals surface area contributed by atoms with E-state index in [2.05, 4.69) is 0 Å². The van der Waals surface area contributed by atoms with Crippen LogP contribution in [0.4, 0.5) is 0 Å². The van der Waals surface area contributed by atoms with E-state index in [-0.39, 0.29) is 17.7 Å². The van der Waals surface area contributed by atoms with Gasteiger partial charge in [-0.25, -0.2) is 4.79 Å². The summed E-state index contributed by atoms with van der Waals surface area (Å²) in [6.45, 7) is -5.75. The molecule has 2 aromatic carbocycles. The Morgan fingerprint density at radius 3 is 2.08 bits per heavy atom. The lowest BCUT2D eigenvalue weighted by Crippen LogP contribution is -2.42. The maximum Gasteiger partial charge on any atom is 0.347 e. The molecule has 0 aliphatic carbocycles. The van der Waals surface area contributed by atoms with Gasteiger partial charge in [0.2, 0.25) is 5.60 Å². The van der Waals surface area contributed by atoms with E-state index in [1.165, 1.54) is 0 Å². The van der Waals surface area contributed by atoms with Crippen LogP contribution in [0, 0.1) is 0 Å². The normalized spacial score (nSPS) is 15.7. The number of rotatable bonds is 8. The lowest BCUT2D eigenvalue weighted by atomic mass is 9.86. The van der Waals surface area contributed by atoms with Crippen LogP contribution in [-0.4, -0.2) is 44.7 Å². The van der Waals surface area contributed by atoms with E-state index in [4.69, 9.17) is 16.3 Å². The Balaban J connectivity index is 2.64. The minimum atomic E-state index is -3.12. The molecule has 0 saturated heterocycles. The van der Waals surface area contributed by atoms with Crippen LogP contribution in [0.15, 0.2) is 60.7 Å². The third kappa shape index (κ3) is 4.02. The second kappa shape index (κ2) is 8.62. The van der Waals surface area contributed by atoms with E-state index in [1.807, 2.05) is 19.0 Å². The van der Waals surface area contributed by atoms with Crippen molar-refractivity contribution in [3.63, 3.8) is 0 Å². The van der Waals surface area contributed by atoms with Gasteiger partial charge >= 0.3 is 5.97 Å². The van der Waals surface area contributed by atoms with E-state index >= 15 is 0 Å². The van der Waals surface area contributed by atoms with E-state index < -0.39 is 25.0 Å². The number of likely N-dealkylation sites (N-methyl/N-ethyl adjacent to an activating group) is 1. The summed E-state index contributed by atoms with van der Waals surface area (Å²) in [5.74, 6) is -0.884. The first-order chi connectivity index (χ1) is 13.5. The molecule has 0 bridgehead atoms. The summed E-state index contributed by atoms with van der Waals surface area (Å²) >= 11 is 0. The molecule has 128 valence electrons. The molecule has 4 nitrogen and oxygen atoms in total. The molecular weight excluding hydrogens is 302 g/mol. The van der Waals surface area contributed by atoms with Crippen molar-refractivity contribution in [3.05, 3.63) is 71.8 Å². The molecule has 0 aliphatic heterocycles. The molecule has 0 atom stereocenters. The molecule has 24 heavy (non-hydrogen) atoms. The predicted octanol–water partition coefficient (Wildman–Crippen LogP) is 3.07. The van der Waals surface area contributed by atoms with Crippen molar-refractivity contribution < 1.29 is 21.1 Å². The summed E-state index contributed by atoms with van der Waals surface area (Å²) in [5.41, 5.74) is -1.55. The smallest absolute Gasteiger partial charge is 0.347 e. The highest BCUT2D eigenvalue weighted by Gasteiger charge is 2.44. The van der Waals surface area contributed by atoms with Crippen molar-refractivity contribution in [1.29, 1.82) is 0 Å². The topological polar surface area (TPSA) is 38.8 Å². The Morgan fingerprint density at radius 1 is 1.08 bits per heavy atom. The summed E-state index contributed by atoms with van der Waals surface area (Å²) in [5, 5.41) is 0. The quantitative estimate of drug-likeness (QED) is 0.697. The van der Waals surface area contributed by atoms with Gasteiger partial charge in [-0.2, -0.15) is 0 Å². The first-order valence-electron chi connectivity index (χ1n) is 10.1. The highest BCUT2D eigenvalue weighted by atomic mass is 16.6. The monoisotopic (exact) mass is 332 g/mol. The average Bonchev–Trinajstić information content (AvgIpc) is 2.66. The molecule has 0 saturated carbocycles. The molecule has 0 heterocycles. The summed E-state index contributed by atoms with van der Waals surface area (Å²) in [4.78, 5) is 15.2. The van der Waals surface area contributed by atoms with Gasteiger partial charge in [-0.05, 0) is 32.1 Å². The Morgan fingerprint density at radius 2 is 1.62 bits per heavy atom. The number of hydrogen-bond donors (Lipinski definition) is 0. The van der Waals surface area contributed by atoms with Crippen molar-refractivity contribution in [2.75, 3.05) is 33.8 Å². The van der Waals surface area contributed by atoms with Gasteiger partial charge in [-0.1, -0.05) is 60.7 Å². The molecular formula is C20H25NO3. The van der Waals surface area contributed by atoms with Gasteiger partial charge in [0.25, 0.3) is 0 Å². The second-order valence-corrected chi connectivity index (χ2v) is 5.56. The van der Waals surface area contributed by atoms with Crippen molar-refractivity contribution in [3.8, 4) is 0 Å². The minimum Gasteiger partial charge on any atom is -0.462 e. The summed E-state index contributed by atoms with van der Waals surface area (Å²) in [7, 11) is 3.64. The first-order valence-corrected chi connectivity index (χ1v) is 7.64. The van der Waals surface area contributed by atoms with Crippen LogP contribution < -0.4 is 0 Å². The average molecular weight is 332 g/mol. The fourth-order valence-corrected chi connectivity index (χ4v) is 2.41. The molecule has 0 radical (unpaired) electrons. The van der Waals surface area contributed by atoms with Gasteiger partial charge in [0, 0.05) is 17.2 Å². The molecule has 0 unspecified atom stereocenters. The molecule has 0 N–H and O–H groups in total. The molecule has 2 aromatic rings. The van der Waals surface area contributed by atoms with Gasteiger partial charge < -0.3 is 14.4 Å². The molecule has 0 spiro atoms. The van der Waals surface area contributed by atoms with Gasteiger partial charge in [0.1, 0.15) is 6.61 Å². The number of esters is 1. The Hall–Kier alpha value is -2.17. The zero-order valence-electron chi connectivity index (χ0n) is 18.9. The second-order valence-electron chi connectivity index (χ2n) is 5.56. The van der Waals surface area contributed by atoms with Crippen LogP contribution in [-0.2, 0) is 19.9 Å². The van der Waals surface area contributed by atoms with Gasteiger partial charge in [0.15, 0.2) is 0 Å². The number of nitrogens with zero attached hydrogens (tertiary/aromatic N) is 1. The number of ether oxygens (including phenoxy) is 2. The Kier molecular flexibility index (Phi) is 4.39. The molecule has 0 fully saturated rings. The highest BCUT2D eigenvalue weighted by molar-refractivity contribution is 5.85. The number of carbonyl (C=O) groups is 1. The first kappa shape index (κ1) is 12.2. The molecule has 0 aliphatic rings. The Labute approximate surface area is 151 Å². The van der Waals surface area contributed by atoms with Gasteiger partial charge in [0.05, 0.1) is 2.74 Å². The van der Waals surface area contributed by atoms with E-state index in [1.54, 1.807) is 60.7 Å². The van der Waals surface area contributed by atoms with E-state index in [9.17, 15) is 4.79 Å². The lowest BCUT2D eigenvalue weighted by molar-refractivity contribution is -0.168. The zero-order chi connectivity index (χ0) is 21.7. The largest absolute Gasteiger partial charge is 0.462 e. The third-order valence-electron chi connectivity index (χ3n) is 3.62. The number of carbonyl (C=O) groups excluding carboxylic acids is 1. The summed E-state index contributed by atoms with van der Waals surface area (Å²) < 4.78 is 49.7. The Bertz CT molecular complexity index is 755. The van der Waals surface area contributed by atoms with Crippen molar-refractivity contribution in [2.45, 2.75) is 12.5 Å². The standard InChI is InChI=1S/C20H25NO3/c1-4-24-20(17-11-7-5-8-12-17,18-13-9-6-10-14-18)19(22)23-16-15-21(2)3/h5-14H,4,15-16H2,1-3H3/i1D3,4D2. The summed E-state index contributed by atoms with van der Waals surface area (Å²) in [6.07, 6.45) is 0. The maximum absolute atomic E-state index is 13.3. The zero-order valence-corrected chi connectivity index (χ0v) is 13.9. The number of benzene rings is 2. The summed E-state index contributed by atoms with van der Waals surface area (Å²) in [6, 6.07) is 16.4. The van der Waals surface area contributed by atoms with Crippen molar-refractivity contribution in [1.82, 2.24) is 4.90 Å². The van der Waals surface area contributed by atoms with Crippen molar-refractivity contribution in [2.24, 2.45) is 0 Å². The highest BCUT2D eigenvalue weighted by Crippen LogP contribution is 2.35. The van der Waals surface area contributed by atoms with Crippen LogP contribution in [0.1, 0.15) is 24.8 Å². The maximum atomic E-state index is 13.3. The predicted molar refractivity (Wildman–Crippen MR) is 94.8 cm³/mol. The number of hydrogen-bond acceptors (Lipinski definition) is 4.